The average Bonchev–Trinajstić information content (AvgIpc) is 2.73. The van der Waals surface area contributed by atoms with E-state index in [1.54, 1.807) is 4.90 Å². The molecule has 1 saturated heterocycles. The van der Waals surface area contributed by atoms with E-state index in [-0.39, 0.29) is 23.0 Å². The Hall–Kier alpha value is -1.04. The lowest BCUT2D eigenvalue weighted by Crippen LogP contribution is -2.44. The van der Waals surface area contributed by atoms with Gasteiger partial charge in [0.25, 0.3) is 14.3 Å². The van der Waals surface area contributed by atoms with Crippen LogP contribution in [0.25, 0.3) is 0 Å². The first kappa shape index (κ1) is 19.0. The second-order valence-electron chi connectivity index (χ2n) is 8.59. The molecule has 128 valence electrons. The summed E-state index contributed by atoms with van der Waals surface area (Å²) in [4.78, 5) is 26.0. The monoisotopic (exact) mass is 329 g/mol. The summed E-state index contributed by atoms with van der Waals surface area (Å²) in [6.07, 6.45) is 0.294. The molecule has 1 unspecified atom stereocenters. The van der Waals surface area contributed by atoms with Crippen LogP contribution in [0.1, 0.15) is 48.0 Å². The van der Waals surface area contributed by atoms with Crippen LogP contribution in [0.2, 0.25) is 18.1 Å². The van der Waals surface area contributed by atoms with E-state index in [1.807, 2.05) is 20.8 Å². The summed E-state index contributed by atoms with van der Waals surface area (Å²) in [6, 6.07) is 0. The van der Waals surface area contributed by atoms with Crippen LogP contribution in [0.4, 0.5) is 4.79 Å². The number of nitrogens with zero attached hydrogens (tertiary/aromatic N) is 1. The number of hydrogen-bond acceptors (Lipinski definition) is 4. The van der Waals surface area contributed by atoms with Gasteiger partial charge in [0.05, 0.1) is 5.92 Å². The molecule has 6 heteroatoms. The van der Waals surface area contributed by atoms with Gasteiger partial charge in [0.15, 0.2) is 0 Å². The first-order valence-electron chi connectivity index (χ1n) is 7.94. The molecule has 1 rings (SSSR count). The number of carbonyl (C=O) groups excluding carboxylic acids is 2. The van der Waals surface area contributed by atoms with Crippen molar-refractivity contribution >= 4 is 20.4 Å². The molecule has 0 aromatic rings. The molecule has 22 heavy (non-hydrogen) atoms. The molecule has 1 fully saturated rings. The van der Waals surface area contributed by atoms with Crippen LogP contribution in [0.5, 0.6) is 0 Å². The van der Waals surface area contributed by atoms with Gasteiger partial charge in [0, 0.05) is 13.1 Å². The minimum atomic E-state index is -2.11. The Labute approximate surface area is 135 Å². The van der Waals surface area contributed by atoms with Gasteiger partial charge in [-0.05, 0) is 45.3 Å². The van der Waals surface area contributed by atoms with Crippen molar-refractivity contribution in [2.45, 2.75) is 71.7 Å². The van der Waals surface area contributed by atoms with E-state index in [0.29, 0.717) is 19.5 Å². The average molecular weight is 330 g/mol. The Balaban J connectivity index is 2.60. The smallest absolute Gasteiger partial charge is 0.410 e. The zero-order chi connectivity index (χ0) is 17.3. The standard InChI is InChI=1S/C16H31NO4Si/c1-15(2,3)20-14(19)17-10-9-12(11-17)13(18)21-22(7,8)16(4,5)6/h12H,9-11H2,1-8H3. The van der Waals surface area contributed by atoms with Crippen molar-refractivity contribution in [2.24, 2.45) is 5.92 Å². The molecule has 0 N–H and O–H groups in total. The number of ether oxygens (including phenoxy) is 1. The van der Waals surface area contributed by atoms with Gasteiger partial charge in [-0.2, -0.15) is 0 Å². The van der Waals surface area contributed by atoms with Gasteiger partial charge in [-0.3, -0.25) is 4.79 Å². The molecule has 0 aromatic carbocycles. The van der Waals surface area contributed by atoms with Crippen LogP contribution >= 0.6 is 0 Å². The van der Waals surface area contributed by atoms with Crippen LogP contribution < -0.4 is 0 Å². The number of amides is 1. The van der Waals surface area contributed by atoms with Crippen LogP contribution in [0.15, 0.2) is 0 Å². The SMILES string of the molecule is CC(C)(C)OC(=O)N1CCC(C(=O)O[Si](C)(C)C(C)(C)C)C1. The maximum Gasteiger partial charge on any atom is 0.410 e. The lowest BCUT2D eigenvalue weighted by Gasteiger charge is -2.36. The van der Waals surface area contributed by atoms with E-state index < -0.39 is 13.9 Å². The van der Waals surface area contributed by atoms with Crippen molar-refractivity contribution < 1.29 is 18.8 Å². The molecule has 1 aliphatic heterocycles. The third kappa shape index (κ3) is 5.00. The summed E-state index contributed by atoms with van der Waals surface area (Å²) in [7, 11) is -2.11. The molecule has 5 nitrogen and oxygen atoms in total. The van der Waals surface area contributed by atoms with Crippen LogP contribution in [0.3, 0.4) is 0 Å². The summed E-state index contributed by atoms with van der Waals surface area (Å²) in [5, 5.41) is -0.00782. The highest BCUT2D eigenvalue weighted by atomic mass is 28.4. The molecular formula is C16H31NO4Si. The molecule has 0 bridgehead atoms. The van der Waals surface area contributed by atoms with Gasteiger partial charge in [-0.1, -0.05) is 20.8 Å². The number of hydrogen-bond donors (Lipinski definition) is 0. The molecule has 0 aliphatic carbocycles. The molecule has 0 spiro atoms. The molecule has 1 amide bonds. The maximum absolute atomic E-state index is 12.4. The topological polar surface area (TPSA) is 55.8 Å². The van der Waals surface area contributed by atoms with Crippen molar-refractivity contribution in [3.63, 3.8) is 0 Å². The van der Waals surface area contributed by atoms with Crippen molar-refractivity contribution in [2.75, 3.05) is 13.1 Å². The summed E-state index contributed by atoms with van der Waals surface area (Å²) in [6.45, 7) is 16.9. The Morgan fingerprint density at radius 2 is 1.64 bits per heavy atom. The van der Waals surface area contributed by atoms with Gasteiger partial charge in [0.1, 0.15) is 5.60 Å². The van der Waals surface area contributed by atoms with E-state index >= 15 is 0 Å². The fourth-order valence-corrected chi connectivity index (χ4v) is 2.91. The summed E-state index contributed by atoms with van der Waals surface area (Å²) in [5.41, 5.74) is -0.517. The predicted molar refractivity (Wildman–Crippen MR) is 89.2 cm³/mol. The number of carbonyl (C=O) groups is 2. The minimum absolute atomic E-state index is 0.00782. The van der Waals surface area contributed by atoms with Gasteiger partial charge in [0.2, 0.25) is 0 Å². The largest absolute Gasteiger partial charge is 0.519 e. The van der Waals surface area contributed by atoms with Crippen molar-refractivity contribution in [1.29, 1.82) is 0 Å². The molecule has 0 radical (unpaired) electrons. The second kappa shape index (κ2) is 6.22. The molecule has 0 saturated carbocycles. The normalized spacial score (nSPS) is 20.0. The highest BCUT2D eigenvalue weighted by molar-refractivity contribution is 6.75. The quantitative estimate of drug-likeness (QED) is 0.723. The molecule has 1 atom stereocenters. The van der Waals surface area contributed by atoms with Crippen LogP contribution in [0, 0.1) is 5.92 Å². The first-order chi connectivity index (χ1) is 9.73. The minimum Gasteiger partial charge on any atom is -0.519 e. The Kier molecular flexibility index (Phi) is 5.37. The Morgan fingerprint density at radius 3 is 2.09 bits per heavy atom. The fourth-order valence-electron chi connectivity index (χ4n) is 1.93. The molecule has 1 aliphatic rings. The molecular weight excluding hydrogens is 298 g/mol. The van der Waals surface area contributed by atoms with Crippen LogP contribution in [-0.4, -0.2) is 44.0 Å². The molecule has 0 aromatic heterocycles. The number of rotatable bonds is 2. The van der Waals surface area contributed by atoms with Gasteiger partial charge >= 0.3 is 6.09 Å². The van der Waals surface area contributed by atoms with Crippen molar-refractivity contribution in [3.8, 4) is 0 Å². The number of likely N-dealkylation sites (tertiary alicyclic amines) is 1. The highest BCUT2D eigenvalue weighted by Gasteiger charge is 2.43. The second-order valence-corrected chi connectivity index (χ2v) is 13.3. The van der Waals surface area contributed by atoms with Crippen molar-refractivity contribution in [3.05, 3.63) is 0 Å². The zero-order valence-corrected chi connectivity index (χ0v) is 16.3. The predicted octanol–water partition coefficient (Wildman–Crippen LogP) is 3.79. The van der Waals surface area contributed by atoms with E-state index in [0.717, 1.165) is 0 Å². The Morgan fingerprint density at radius 1 is 1.09 bits per heavy atom. The summed E-state index contributed by atoms with van der Waals surface area (Å²) in [5.74, 6) is -0.403. The Bertz CT molecular complexity index is 434. The fraction of sp³-hybridized carbons (Fsp3) is 0.875. The van der Waals surface area contributed by atoms with Gasteiger partial charge in [-0.25, -0.2) is 4.79 Å². The lowest BCUT2D eigenvalue weighted by molar-refractivity contribution is -0.139. The highest BCUT2D eigenvalue weighted by Crippen LogP contribution is 2.37. The van der Waals surface area contributed by atoms with E-state index in [2.05, 4.69) is 33.9 Å². The summed E-state index contributed by atoms with van der Waals surface area (Å²) < 4.78 is 11.2. The van der Waals surface area contributed by atoms with E-state index in [1.165, 1.54) is 0 Å². The third-order valence-corrected chi connectivity index (χ3v) is 8.66. The third-order valence-electron chi connectivity index (χ3n) is 4.34. The lowest BCUT2D eigenvalue weighted by atomic mass is 10.1. The maximum atomic E-state index is 12.4. The van der Waals surface area contributed by atoms with Crippen molar-refractivity contribution in [1.82, 2.24) is 4.90 Å². The van der Waals surface area contributed by atoms with E-state index in [9.17, 15) is 9.59 Å². The molecule has 1 heterocycles. The first-order valence-corrected chi connectivity index (χ1v) is 10.8. The zero-order valence-electron chi connectivity index (χ0n) is 15.3. The van der Waals surface area contributed by atoms with Gasteiger partial charge in [-0.15, -0.1) is 0 Å². The van der Waals surface area contributed by atoms with E-state index in [4.69, 9.17) is 9.16 Å². The van der Waals surface area contributed by atoms with Crippen LogP contribution in [-0.2, 0) is 14.0 Å². The summed E-state index contributed by atoms with van der Waals surface area (Å²) >= 11 is 0. The van der Waals surface area contributed by atoms with Gasteiger partial charge < -0.3 is 14.1 Å².